The number of nitrogens with zero attached hydrogens (tertiary/aromatic N) is 1. The highest BCUT2D eigenvalue weighted by atomic mass is 35.5. The van der Waals surface area contributed by atoms with Crippen molar-refractivity contribution in [2.45, 2.75) is 4.90 Å². The summed E-state index contributed by atoms with van der Waals surface area (Å²) in [6, 6.07) is 8.64. The second-order valence-electron chi connectivity index (χ2n) is 5.44. The summed E-state index contributed by atoms with van der Waals surface area (Å²) in [5.74, 6) is 0.261. The van der Waals surface area contributed by atoms with E-state index in [0.717, 1.165) is 4.31 Å². The lowest BCUT2D eigenvalue weighted by atomic mass is 10.2. The number of hydrogen-bond donors (Lipinski definition) is 0. The van der Waals surface area contributed by atoms with Crippen molar-refractivity contribution >= 4 is 33.3 Å². The van der Waals surface area contributed by atoms with Crippen molar-refractivity contribution < 1.29 is 27.4 Å². The summed E-state index contributed by atoms with van der Waals surface area (Å²) in [5, 5.41) is 0.182. The van der Waals surface area contributed by atoms with Gasteiger partial charge in [-0.2, -0.15) is 0 Å². The van der Waals surface area contributed by atoms with Gasteiger partial charge in [-0.1, -0.05) is 11.6 Å². The molecule has 9 heteroatoms. The van der Waals surface area contributed by atoms with Crippen LogP contribution in [-0.4, -0.2) is 41.8 Å². The van der Waals surface area contributed by atoms with Crippen LogP contribution in [0.5, 0.6) is 11.5 Å². The van der Waals surface area contributed by atoms with Crippen molar-refractivity contribution in [1.82, 2.24) is 0 Å². The van der Waals surface area contributed by atoms with E-state index in [1.807, 2.05) is 0 Å². The van der Waals surface area contributed by atoms with E-state index in [2.05, 4.69) is 4.74 Å². The molecule has 2 aromatic rings. The molecule has 1 aliphatic heterocycles. The lowest BCUT2D eigenvalue weighted by Gasteiger charge is -2.23. The molecule has 0 N–H and O–H groups in total. The summed E-state index contributed by atoms with van der Waals surface area (Å²) < 4.78 is 42.5. The van der Waals surface area contributed by atoms with Crippen LogP contribution in [0.25, 0.3) is 0 Å². The van der Waals surface area contributed by atoms with Gasteiger partial charge in [-0.15, -0.1) is 0 Å². The van der Waals surface area contributed by atoms with Crippen LogP contribution in [0.3, 0.4) is 0 Å². The van der Waals surface area contributed by atoms with Crippen molar-refractivity contribution in [3.8, 4) is 11.5 Å². The lowest BCUT2D eigenvalue weighted by molar-refractivity contribution is 0.0600. The summed E-state index contributed by atoms with van der Waals surface area (Å²) in [5.41, 5.74) is 0.348. The number of benzene rings is 2. The highest BCUT2D eigenvalue weighted by molar-refractivity contribution is 7.92. The van der Waals surface area contributed by atoms with Crippen molar-refractivity contribution in [3.63, 3.8) is 0 Å². The van der Waals surface area contributed by atoms with E-state index >= 15 is 0 Å². The lowest BCUT2D eigenvalue weighted by Crippen LogP contribution is -2.27. The van der Waals surface area contributed by atoms with Gasteiger partial charge in [-0.05, 0) is 30.3 Å². The Morgan fingerprint density at radius 3 is 2.50 bits per heavy atom. The first-order valence-corrected chi connectivity index (χ1v) is 9.43. The number of halogens is 1. The molecular formula is C17H16ClNO6S. The molecule has 0 radical (unpaired) electrons. The molecule has 0 unspecified atom stereocenters. The van der Waals surface area contributed by atoms with Crippen molar-refractivity contribution in [3.05, 3.63) is 47.0 Å². The van der Waals surface area contributed by atoms with Crippen LogP contribution in [0.1, 0.15) is 10.4 Å². The van der Waals surface area contributed by atoms with E-state index in [1.165, 1.54) is 44.5 Å². The number of sulfonamides is 1. The monoisotopic (exact) mass is 397 g/mol. The molecule has 0 atom stereocenters. The van der Waals surface area contributed by atoms with E-state index in [4.69, 9.17) is 21.1 Å². The molecule has 1 aliphatic rings. The van der Waals surface area contributed by atoms with Crippen molar-refractivity contribution in [2.24, 2.45) is 0 Å². The maximum absolute atomic E-state index is 13.0. The van der Waals surface area contributed by atoms with Gasteiger partial charge in [0.05, 0.1) is 28.3 Å². The average Bonchev–Trinajstić information content (AvgIpc) is 2.66. The predicted octanol–water partition coefficient (Wildman–Crippen LogP) is 2.72. The van der Waals surface area contributed by atoms with Crippen LogP contribution in [0.2, 0.25) is 5.02 Å². The Hall–Kier alpha value is -2.45. The highest BCUT2D eigenvalue weighted by Gasteiger charge is 2.26. The maximum atomic E-state index is 13.0. The molecule has 0 amide bonds. The molecule has 2 aromatic carbocycles. The molecule has 0 saturated heterocycles. The quantitative estimate of drug-likeness (QED) is 0.738. The van der Waals surface area contributed by atoms with Gasteiger partial charge in [-0.25, -0.2) is 13.2 Å². The Balaban J connectivity index is 2.01. The Bertz CT molecular complexity index is 960. The van der Waals surface area contributed by atoms with E-state index in [1.54, 1.807) is 6.07 Å². The van der Waals surface area contributed by atoms with Crippen LogP contribution in [0.4, 0.5) is 5.69 Å². The van der Waals surface area contributed by atoms with E-state index in [9.17, 15) is 13.2 Å². The van der Waals surface area contributed by atoms with Crippen LogP contribution in [0.15, 0.2) is 41.3 Å². The largest absolute Gasteiger partial charge is 0.486 e. The van der Waals surface area contributed by atoms with Gasteiger partial charge in [0.2, 0.25) is 0 Å². The smallest absolute Gasteiger partial charge is 0.337 e. The second kappa shape index (κ2) is 7.05. The summed E-state index contributed by atoms with van der Waals surface area (Å²) in [4.78, 5) is 11.7. The molecule has 0 bridgehead atoms. The summed E-state index contributed by atoms with van der Waals surface area (Å²) >= 11 is 6.14. The fraction of sp³-hybridized carbons (Fsp3) is 0.235. The van der Waals surface area contributed by atoms with Gasteiger partial charge < -0.3 is 14.2 Å². The molecule has 138 valence electrons. The van der Waals surface area contributed by atoms with Crippen LogP contribution in [-0.2, 0) is 14.8 Å². The van der Waals surface area contributed by atoms with Gasteiger partial charge in [0.25, 0.3) is 10.0 Å². The Kier molecular flexibility index (Phi) is 4.97. The molecule has 0 aromatic heterocycles. The molecule has 3 rings (SSSR count). The molecule has 26 heavy (non-hydrogen) atoms. The number of ether oxygens (including phenoxy) is 3. The number of carbonyl (C=O) groups is 1. The van der Waals surface area contributed by atoms with Crippen molar-refractivity contribution in [2.75, 3.05) is 31.7 Å². The predicted molar refractivity (Wildman–Crippen MR) is 95.8 cm³/mol. The van der Waals surface area contributed by atoms with Crippen LogP contribution >= 0.6 is 11.6 Å². The third-order valence-electron chi connectivity index (χ3n) is 3.88. The molecule has 0 aliphatic carbocycles. The summed E-state index contributed by atoms with van der Waals surface area (Å²) in [6.07, 6.45) is 0. The minimum atomic E-state index is -3.94. The molecule has 7 nitrogen and oxygen atoms in total. The van der Waals surface area contributed by atoms with Crippen LogP contribution < -0.4 is 13.8 Å². The standard InChI is InChI=1S/C17H16ClNO6S/c1-19(14-9-11(17(20)23-2)3-5-13(14)18)26(21,22)12-4-6-15-16(10-12)25-8-7-24-15/h3-6,9-10H,7-8H2,1-2H3. The zero-order valence-electron chi connectivity index (χ0n) is 14.1. The van der Waals surface area contributed by atoms with Gasteiger partial charge >= 0.3 is 5.97 Å². The summed E-state index contributed by atoms with van der Waals surface area (Å²) in [7, 11) is -1.34. The molecular weight excluding hydrogens is 382 g/mol. The SMILES string of the molecule is COC(=O)c1ccc(Cl)c(N(C)S(=O)(=O)c2ccc3c(c2)OCCO3)c1. The first kappa shape index (κ1) is 18.3. The topological polar surface area (TPSA) is 82.1 Å². The van der Waals surface area contributed by atoms with E-state index in [-0.39, 0.29) is 21.2 Å². The fourth-order valence-corrected chi connectivity index (χ4v) is 3.99. The third-order valence-corrected chi connectivity index (χ3v) is 5.97. The second-order valence-corrected chi connectivity index (χ2v) is 7.81. The third kappa shape index (κ3) is 3.30. The Morgan fingerprint density at radius 2 is 1.81 bits per heavy atom. The summed E-state index contributed by atoms with van der Waals surface area (Å²) in [6.45, 7) is 0.758. The number of anilines is 1. The minimum Gasteiger partial charge on any atom is -0.486 e. The maximum Gasteiger partial charge on any atom is 0.337 e. The molecule has 0 saturated carbocycles. The van der Waals surface area contributed by atoms with E-state index in [0.29, 0.717) is 24.7 Å². The van der Waals surface area contributed by atoms with Gasteiger partial charge in [0.1, 0.15) is 13.2 Å². The van der Waals surface area contributed by atoms with Gasteiger partial charge in [0, 0.05) is 13.1 Å². The fourth-order valence-electron chi connectivity index (χ4n) is 2.47. The van der Waals surface area contributed by atoms with Crippen molar-refractivity contribution in [1.29, 1.82) is 0 Å². The molecule has 1 heterocycles. The van der Waals surface area contributed by atoms with Crippen LogP contribution in [0, 0.1) is 0 Å². The number of esters is 1. The molecule has 0 spiro atoms. The van der Waals surface area contributed by atoms with Gasteiger partial charge in [-0.3, -0.25) is 4.31 Å². The number of fused-ring (bicyclic) bond motifs is 1. The first-order chi connectivity index (χ1) is 12.3. The Labute approximate surface area is 156 Å². The van der Waals surface area contributed by atoms with E-state index < -0.39 is 16.0 Å². The minimum absolute atomic E-state index is 0.0174. The zero-order chi connectivity index (χ0) is 18.9. The first-order valence-electron chi connectivity index (χ1n) is 7.61. The number of rotatable bonds is 4. The van der Waals surface area contributed by atoms with Gasteiger partial charge in [0.15, 0.2) is 11.5 Å². The number of methoxy groups -OCH3 is 1. The Morgan fingerprint density at radius 1 is 1.12 bits per heavy atom. The molecule has 0 fully saturated rings. The normalized spacial score (nSPS) is 13.2. The highest BCUT2D eigenvalue weighted by Crippen LogP contribution is 2.35. The average molecular weight is 398 g/mol. The number of carbonyl (C=O) groups excluding carboxylic acids is 1. The zero-order valence-corrected chi connectivity index (χ0v) is 15.6. The number of hydrogen-bond acceptors (Lipinski definition) is 6.